The number of H-pyrrole nitrogens is 1. The van der Waals surface area contributed by atoms with Crippen LogP contribution in [0.15, 0.2) is 54.9 Å². The van der Waals surface area contributed by atoms with Gasteiger partial charge < -0.3 is 20.9 Å². The van der Waals surface area contributed by atoms with Gasteiger partial charge in [-0.1, -0.05) is 57.2 Å². The fraction of sp³-hybridized carbons (Fsp3) is 0.467. The third-order valence-electron chi connectivity index (χ3n) is 7.93. The average Bonchev–Trinajstić information content (AvgIpc) is 3.40. The number of nitrogens with zero attached hydrogens (tertiary/aromatic N) is 2. The maximum atomic E-state index is 6.71. The molecule has 0 fully saturated rings. The first-order valence-electron chi connectivity index (χ1n) is 13.2. The highest BCUT2D eigenvalue weighted by atomic mass is 16.7. The SMILES string of the molecule is CCCOC1(OC)c2cn[nH]c2C=CC1(c1ccc(C(C)(C)N)cc1)c1ccc(C(N)(CC)CC)cn1. The molecule has 0 saturated heterocycles. The minimum absolute atomic E-state index is 0.426. The predicted molar refractivity (Wildman–Crippen MR) is 148 cm³/mol. The van der Waals surface area contributed by atoms with Crippen LogP contribution in [0.25, 0.3) is 6.08 Å². The zero-order valence-electron chi connectivity index (χ0n) is 23.0. The number of nitrogens with one attached hydrogen (secondary N) is 1. The summed E-state index contributed by atoms with van der Waals surface area (Å²) in [5.74, 6) is -1.20. The van der Waals surface area contributed by atoms with Crippen LogP contribution < -0.4 is 11.5 Å². The van der Waals surface area contributed by atoms with Gasteiger partial charge in [0, 0.05) is 24.4 Å². The van der Waals surface area contributed by atoms with Crippen LogP contribution in [0.1, 0.15) is 87.5 Å². The van der Waals surface area contributed by atoms with Crippen molar-refractivity contribution in [2.45, 2.75) is 76.2 Å². The summed E-state index contributed by atoms with van der Waals surface area (Å²) in [6.07, 6.45) is 10.3. The minimum atomic E-state index is -1.20. The molecule has 0 spiro atoms. The van der Waals surface area contributed by atoms with Crippen LogP contribution in [-0.4, -0.2) is 28.9 Å². The second-order valence-corrected chi connectivity index (χ2v) is 10.6. The molecule has 2 aromatic heterocycles. The number of aromatic nitrogens is 3. The summed E-state index contributed by atoms with van der Waals surface area (Å²) in [5, 5.41) is 7.42. The van der Waals surface area contributed by atoms with Crippen molar-refractivity contribution >= 4 is 6.08 Å². The van der Waals surface area contributed by atoms with E-state index in [4.69, 9.17) is 25.9 Å². The first-order chi connectivity index (χ1) is 17.6. The number of pyridine rings is 1. The van der Waals surface area contributed by atoms with E-state index in [1.165, 1.54) is 0 Å². The molecule has 0 bridgehead atoms. The lowest BCUT2D eigenvalue weighted by Gasteiger charge is -2.49. The number of hydrogen-bond donors (Lipinski definition) is 3. The Morgan fingerprint density at radius 1 is 0.946 bits per heavy atom. The van der Waals surface area contributed by atoms with Crippen LogP contribution >= 0.6 is 0 Å². The van der Waals surface area contributed by atoms with Gasteiger partial charge in [0.2, 0.25) is 5.79 Å². The molecule has 37 heavy (non-hydrogen) atoms. The number of hydrogen-bond acceptors (Lipinski definition) is 6. The lowest BCUT2D eigenvalue weighted by molar-refractivity contribution is -0.259. The Morgan fingerprint density at radius 3 is 2.16 bits per heavy atom. The number of benzene rings is 1. The van der Waals surface area contributed by atoms with Crippen LogP contribution in [-0.2, 0) is 31.8 Å². The van der Waals surface area contributed by atoms with Crippen LogP contribution in [0.3, 0.4) is 0 Å². The van der Waals surface area contributed by atoms with E-state index in [0.29, 0.717) is 6.61 Å². The highest BCUT2D eigenvalue weighted by Crippen LogP contribution is 2.54. The molecule has 2 atom stereocenters. The van der Waals surface area contributed by atoms with E-state index < -0.39 is 22.3 Å². The van der Waals surface area contributed by atoms with Gasteiger partial charge in [-0.05, 0) is 61.9 Å². The molecule has 0 aliphatic heterocycles. The number of rotatable bonds is 10. The Bertz CT molecular complexity index is 1220. The molecular formula is C30H41N5O2. The Balaban J connectivity index is 2.00. The van der Waals surface area contributed by atoms with Crippen LogP contribution in [0.4, 0.5) is 0 Å². The van der Waals surface area contributed by atoms with Crippen molar-refractivity contribution in [2.75, 3.05) is 13.7 Å². The standard InChI is InChI=1S/C30H41N5O2/c1-7-18-37-30(36-6)24-20-34-35-25(24)16-17-29(30,22-12-10-21(11-13-22)27(4,5)31)26-15-14-23(19-33-26)28(32,8-2)9-3/h10-17,19-20H,7-9,18,31-32H2,1-6H3,(H,34,35). The number of nitrogens with two attached hydrogens (primary N) is 2. The summed E-state index contributed by atoms with van der Waals surface area (Å²) in [6, 6.07) is 12.5. The number of ether oxygens (including phenoxy) is 2. The molecule has 2 heterocycles. The molecule has 198 valence electrons. The van der Waals surface area contributed by atoms with Crippen molar-refractivity contribution in [3.63, 3.8) is 0 Å². The van der Waals surface area contributed by atoms with Gasteiger partial charge in [0.1, 0.15) is 5.41 Å². The molecule has 1 aromatic carbocycles. The second kappa shape index (κ2) is 10.1. The number of fused-ring (bicyclic) bond motifs is 1. The highest BCUT2D eigenvalue weighted by Gasteiger charge is 2.59. The number of methoxy groups -OCH3 is 1. The van der Waals surface area contributed by atoms with E-state index in [2.05, 4.69) is 73.4 Å². The van der Waals surface area contributed by atoms with Crippen molar-refractivity contribution in [3.8, 4) is 0 Å². The molecule has 0 saturated carbocycles. The van der Waals surface area contributed by atoms with Crippen LogP contribution in [0.5, 0.6) is 0 Å². The summed E-state index contributed by atoms with van der Waals surface area (Å²) < 4.78 is 13.1. The molecule has 7 heteroatoms. The molecule has 7 nitrogen and oxygen atoms in total. The summed E-state index contributed by atoms with van der Waals surface area (Å²) in [6.45, 7) is 10.8. The zero-order chi connectivity index (χ0) is 26.9. The Hall–Kier alpha value is -2.84. The summed E-state index contributed by atoms with van der Waals surface area (Å²) >= 11 is 0. The van der Waals surface area contributed by atoms with Gasteiger partial charge >= 0.3 is 0 Å². The molecule has 3 aromatic rings. The molecule has 1 aliphatic carbocycles. The van der Waals surface area contributed by atoms with Crippen molar-refractivity contribution in [3.05, 3.63) is 88.5 Å². The maximum Gasteiger partial charge on any atom is 0.217 e. The van der Waals surface area contributed by atoms with Gasteiger partial charge in [0.15, 0.2) is 0 Å². The van der Waals surface area contributed by atoms with E-state index in [1.807, 2.05) is 26.1 Å². The van der Waals surface area contributed by atoms with Crippen molar-refractivity contribution in [2.24, 2.45) is 11.5 Å². The van der Waals surface area contributed by atoms with Gasteiger partial charge in [-0.25, -0.2) is 0 Å². The molecule has 0 amide bonds. The molecule has 4 rings (SSSR count). The molecule has 0 radical (unpaired) electrons. The van der Waals surface area contributed by atoms with E-state index in [-0.39, 0.29) is 0 Å². The van der Waals surface area contributed by atoms with Crippen LogP contribution in [0, 0.1) is 0 Å². The van der Waals surface area contributed by atoms with Crippen molar-refractivity contribution in [1.29, 1.82) is 0 Å². The molecular weight excluding hydrogens is 462 g/mol. The van der Waals surface area contributed by atoms with Gasteiger partial charge in [0.05, 0.1) is 29.8 Å². The van der Waals surface area contributed by atoms with Crippen molar-refractivity contribution < 1.29 is 9.47 Å². The predicted octanol–water partition coefficient (Wildman–Crippen LogP) is 5.21. The Morgan fingerprint density at radius 2 is 1.62 bits per heavy atom. The lowest BCUT2D eigenvalue weighted by atomic mass is 9.65. The Kier molecular flexibility index (Phi) is 7.45. The summed E-state index contributed by atoms with van der Waals surface area (Å²) in [5.41, 5.74) is 16.8. The molecule has 1 aliphatic rings. The summed E-state index contributed by atoms with van der Waals surface area (Å²) in [4.78, 5) is 5.05. The van der Waals surface area contributed by atoms with E-state index >= 15 is 0 Å². The van der Waals surface area contributed by atoms with Gasteiger partial charge in [0.25, 0.3) is 0 Å². The van der Waals surface area contributed by atoms with E-state index in [0.717, 1.165) is 52.9 Å². The Labute approximate surface area is 220 Å². The topological polar surface area (TPSA) is 112 Å². The minimum Gasteiger partial charge on any atom is -0.348 e. The summed E-state index contributed by atoms with van der Waals surface area (Å²) in [7, 11) is 1.69. The fourth-order valence-electron chi connectivity index (χ4n) is 5.41. The van der Waals surface area contributed by atoms with Crippen LogP contribution in [0.2, 0.25) is 0 Å². The van der Waals surface area contributed by atoms with E-state index in [9.17, 15) is 0 Å². The number of aromatic amines is 1. The molecule has 2 unspecified atom stereocenters. The van der Waals surface area contributed by atoms with Gasteiger partial charge in [-0.15, -0.1) is 0 Å². The quantitative estimate of drug-likeness (QED) is 0.327. The highest BCUT2D eigenvalue weighted by molar-refractivity contribution is 5.64. The third kappa shape index (κ3) is 4.34. The zero-order valence-corrected chi connectivity index (χ0v) is 23.0. The largest absolute Gasteiger partial charge is 0.348 e. The van der Waals surface area contributed by atoms with Gasteiger partial charge in [-0.3, -0.25) is 10.1 Å². The van der Waals surface area contributed by atoms with E-state index in [1.54, 1.807) is 13.3 Å². The molecule has 5 N–H and O–H groups in total. The first-order valence-corrected chi connectivity index (χ1v) is 13.2. The normalized spacial score (nSPS) is 21.7. The first kappa shape index (κ1) is 27.2. The average molecular weight is 504 g/mol. The third-order valence-corrected chi connectivity index (χ3v) is 7.93. The second-order valence-electron chi connectivity index (χ2n) is 10.6. The lowest BCUT2D eigenvalue weighted by Crippen LogP contribution is -2.54. The van der Waals surface area contributed by atoms with Crippen molar-refractivity contribution in [1.82, 2.24) is 15.2 Å². The van der Waals surface area contributed by atoms with Gasteiger partial charge in [-0.2, -0.15) is 5.10 Å². The monoisotopic (exact) mass is 503 g/mol. The fourth-order valence-corrected chi connectivity index (χ4v) is 5.41. The maximum absolute atomic E-state index is 6.71. The smallest absolute Gasteiger partial charge is 0.217 e.